The van der Waals surface area contributed by atoms with Gasteiger partial charge in [0.2, 0.25) is 11.9 Å². The smallest absolute Gasteiger partial charge is 0.232 e. The fraction of sp³-hybridized carbons (Fsp3) is 0.375. The molecule has 33 heavy (non-hydrogen) atoms. The quantitative estimate of drug-likeness (QED) is 0.589. The van der Waals surface area contributed by atoms with Crippen LogP contribution >= 0.6 is 0 Å². The third-order valence-corrected chi connectivity index (χ3v) is 5.77. The fourth-order valence-electron chi connectivity index (χ4n) is 4.14. The molecule has 0 unspecified atom stereocenters. The van der Waals surface area contributed by atoms with Crippen LogP contribution in [0.5, 0.6) is 0 Å². The number of halogens is 2. The topological polar surface area (TPSA) is 77.4 Å². The molecule has 7 nitrogen and oxygen atoms in total. The molecule has 4 rings (SSSR count). The van der Waals surface area contributed by atoms with Gasteiger partial charge in [0.15, 0.2) is 0 Å². The van der Waals surface area contributed by atoms with Gasteiger partial charge in [-0.3, -0.25) is 4.90 Å². The maximum Gasteiger partial charge on any atom is 0.232 e. The Morgan fingerprint density at radius 1 is 0.848 bits per heavy atom. The van der Waals surface area contributed by atoms with E-state index >= 15 is 0 Å². The van der Waals surface area contributed by atoms with Crippen LogP contribution in [-0.4, -0.2) is 64.3 Å². The largest absolute Gasteiger partial charge is 0.395 e. The van der Waals surface area contributed by atoms with E-state index in [1.807, 2.05) is 32.9 Å². The van der Waals surface area contributed by atoms with Crippen LogP contribution in [0.4, 0.5) is 26.4 Å². The Kier molecular flexibility index (Phi) is 6.80. The van der Waals surface area contributed by atoms with E-state index in [0.717, 1.165) is 54.6 Å². The fourth-order valence-corrected chi connectivity index (χ4v) is 4.14. The van der Waals surface area contributed by atoms with Crippen molar-refractivity contribution in [1.82, 2.24) is 19.9 Å². The van der Waals surface area contributed by atoms with Crippen molar-refractivity contribution in [2.24, 2.45) is 0 Å². The van der Waals surface area contributed by atoms with Crippen molar-refractivity contribution in [3.05, 3.63) is 58.9 Å². The van der Waals surface area contributed by atoms with Crippen molar-refractivity contribution in [2.45, 2.75) is 20.8 Å². The molecule has 1 aliphatic rings. The maximum atomic E-state index is 13.7. The molecule has 0 saturated carbocycles. The number of nitrogens with one attached hydrogen (secondary N) is 1. The van der Waals surface area contributed by atoms with Crippen molar-refractivity contribution < 1.29 is 13.9 Å². The summed E-state index contributed by atoms with van der Waals surface area (Å²) in [5.74, 6) is 0.477. The van der Waals surface area contributed by atoms with E-state index < -0.39 is 11.6 Å². The number of hydrogen-bond donors (Lipinski definition) is 2. The monoisotopic (exact) mass is 454 g/mol. The minimum absolute atomic E-state index is 0.157. The van der Waals surface area contributed by atoms with Gasteiger partial charge < -0.3 is 15.3 Å². The van der Waals surface area contributed by atoms with Crippen molar-refractivity contribution in [2.75, 3.05) is 49.5 Å². The number of benzene rings is 2. The van der Waals surface area contributed by atoms with Crippen LogP contribution in [0.3, 0.4) is 0 Å². The highest BCUT2D eigenvalue weighted by Gasteiger charge is 2.20. The molecular formula is C24H28F2N6O. The zero-order valence-electron chi connectivity index (χ0n) is 19.1. The van der Waals surface area contributed by atoms with Crippen LogP contribution in [0.25, 0.3) is 11.1 Å². The number of hydrogen-bond acceptors (Lipinski definition) is 7. The molecule has 1 aromatic heterocycles. The predicted octanol–water partition coefficient (Wildman–Crippen LogP) is 3.60. The van der Waals surface area contributed by atoms with Gasteiger partial charge in [-0.05, 0) is 67.3 Å². The summed E-state index contributed by atoms with van der Waals surface area (Å²) in [5, 5.41) is 12.4. The first-order chi connectivity index (χ1) is 15.8. The lowest BCUT2D eigenvalue weighted by atomic mass is 9.98. The number of aliphatic hydroxyl groups is 1. The Hall–Kier alpha value is -3.17. The summed E-state index contributed by atoms with van der Waals surface area (Å²) in [6, 6.07) is 7.29. The van der Waals surface area contributed by atoms with Crippen LogP contribution in [0, 0.1) is 32.4 Å². The molecule has 1 aliphatic heterocycles. The van der Waals surface area contributed by atoms with Gasteiger partial charge in [0.05, 0.1) is 6.61 Å². The molecule has 0 bridgehead atoms. The second kappa shape index (κ2) is 9.76. The molecule has 174 valence electrons. The van der Waals surface area contributed by atoms with Crippen LogP contribution in [0.15, 0.2) is 30.3 Å². The lowest BCUT2D eigenvalue weighted by Gasteiger charge is -2.34. The molecule has 9 heteroatoms. The number of aliphatic hydroxyl groups excluding tert-OH is 1. The summed E-state index contributed by atoms with van der Waals surface area (Å²) in [6.45, 7) is 9.77. The average Bonchev–Trinajstić information content (AvgIpc) is 2.76. The summed E-state index contributed by atoms with van der Waals surface area (Å²) in [4.78, 5) is 17.9. The second-order valence-electron chi connectivity index (χ2n) is 8.33. The summed E-state index contributed by atoms with van der Waals surface area (Å²) >= 11 is 0. The Labute approximate surface area is 192 Å². The standard InChI is InChI=1S/C24H28F2N6O/c1-15-10-18(19-12-20(25)14-21(26)13-19)11-16(2)22(15)29-23-27-17(3)28-24(30-23)32-6-4-31(5-7-32)8-9-33/h10-14,33H,4-9H2,1-3H3,(H,27,28,29,30). The molecule has 1 fully saturated rings. The molecule has 0 aliphatic carbocycles. The summed E-state index contributed by atoms with van der Waals surface area (Å²) in [7, 11) is 0. The molecule has 3 aromatic rings. The molecule has 2 aromatic carbocycles. The lowest BCUT2D eigenvalue weighted by Crippen LogP contribution is -2.47. The number of aryl methyl sites for hydroxylation is 3. The minimum atomic E-state index is -0.604. The molecule has 0 spiro atoms. The zero-order chi connectivity index (χ0) is 23.5. The van der Waals surface area contributed by atoms with Gasteiger partial charge in [-0.25, -0.2) is 8.78 Å². The molecule has 0 atom stereocenters. The molecule has 2 N–H and O–H groups in total. The predicted molar refractivity (Wildman–Crippen MR) is 125 cm³/mol. The molecule has 1 saturated heterocycles. The van der Waals surface area contributed by atoms with E-state index in [1.54, 1.807) is 0 Å². The number of piperazine rings is 1. The molecule has 0 radical (unpaired) electrons. The first-order valence-corrected chi connectivity index (χ1v) is 11.0. The van der Waals surface area contributed by atoms with Crippen molar-refractivity contribution in [3.63, 3.8) is 0 Å². The number of rotatable bonds is 6. The van der Waals surface area contributed by atoms with E-state index in [-0.39, 0.29) is 6.61 Å². The Morgan fingerprint density at radius 2 is 1.45 bits per heavy atom. The van der Waals surface area contributed by atoms with Crippen molar-refractivity contribution in [3.8, 4) is 11.1 Å². The minimum Gasteiger partial charge on any atom is -0.395 e. The first kappa shape index (κ1) is 23.0. The van der Waals surface area contributed by atoms with Gasteiger partial charge in [0, 0.05) is 44.5 Å². The van der Waals surface area contributed by atoms with Crippen LogP contribution in [0.2, 0.25) is 0 Å². The van der Waals surface area contributed by atoms with Gasteiger partial charge in [-0.1, -0.05) is 0 Å². The molecule has 0 amide bonds. The summed E-state index contributed by atoms with van der Waals surface area (Å²) < 4.78 is 27.4. The van der Waals surface area contributed by atoms with Gasteiger partial charge in [0.25, 0.3) is 0 Å². The number of anilines is 3. The Morgan fingerprint density at radius 3 is 2.06 bits per heavy atom. The van der Waals surface area contributed by atoms with Crippen LogP contribution in [0.1, 0.15) is 17.0 Å². The number of aromatic nitrogens is 3. The van der Waals surface area contributed by atoms with Crippen molar-refractivity contribution in [1.29, 1.82) is 0 Å². The lowest BCUT2D eigenvalue weighted by molar-refractivity contribution is 0.188. The maximum absolute atomic E-state index is 13.7. The average molecular weight is 455 g/mol. The highest BCUT2D eigenvalue weighted by molar-refractivity contribution is 5.73. The highest BCUT2D eigenvalue weighted by atomic mass is 19.1. The zero-order valence-corrected chi connectivity index (χ0v) is 19.1. The van der Waals surface area contributed by atoms with E-state index in [0.29, 0.717) is 29.8 Å². The van der Waals surface area contributed by atoms with Gasteiger partial charge in [0.1, 0.15) is 17.5 Å². The SMILES string of the molecule is Cc1nc(Nc2c(C)cc(-c3cc(F)cc(F)c3)cc2C)nc(N2CCN(CCO)CC2)n1. The Balaban J connectivity index is 1.56. The Bertz CT molecular complexity index is 1100. The number of nitrogens with zero attached hydrogens (tertiary/aromatic N) is 5. The van der Waals surface area contributed by atoms with Crippen LogP contribution in [-0.2, 0) is 0 Å². The first-order valence-electron chi connectivity index (χ1n) is 11.0. The highest BCUT2D eigenvalue weighted by Crippen LogP contribution is 2.31. The normalized spacial score (nSPS) is 14.5. The van der Waals surface area contributed by atoms with Crippen LogP contribution < -0.4 is 10.2 Å². The van der Waals surface area contributed by atoms with Gasteiger partial charge in [-0.15, -0.1) is 0 Å². The summed E-state index contributed by atoms with van der Waals surface area (Å²) in [6.07, 6.45) is 0. The van der Waals surface area contributed by atoms with E-state index in [9.17, 15) is 8.78 Å². The van der Waals surface area contributed by atoms with E-state index in [2.05, 4.69) is 30.1 Å². The third-order valence-electron chi connectivity index (χ3n) is 5.77. The molecular weight excluding hydrogens is 426 g/mol. The number of β-amino-alcohol motifs (C(OH)–C–C–N with tert-alkyl or cyclic N) is 1. The second-order valence-corrected chi connectivity index (χ2v) is 8.33. The molecule has 2 heterocycles. The third kappa shape index (κ3) is 5.43. The van der Waals surface area contributed by atoms with E-state index in [1.165, 1.54) is 12.1 Å². The van der Waals surface area contributed by atoms with E-state index in [4.69, 9.17) is 5.11 Å². The summed E-state index contributed by atoms with van der Waals surface area (Å²) in [5.41, 5.74) is 3.89. The van der Waals surface area contributed by atoms with Gasteiger partial charge >= 0.3 is 0 Å². The van der Waals surface area contributed by atoms with Crippen molar-refractivity contribution >= 4 is 17.6 Å². The van der Waals surface area contributed by atoms with Gasteiger partial charge in [-0.2, -0.15) is 15.0 Å².